The first-order chi connectivity index (χ1) is 18.2. The third kappa shape index (κ3) is 5.40. The number of fused-ring (bicyclic) bond motifs is 1. The predicted molar refractivity (Wildman–Crippen MR) is 149 cm³/mol. The molecule has 0 radical (unpaired) electrons. The minimum Gasteiger partial charge on any atom is -0.489 e. The first-order valence-corrected chi connectivity index (χ1v) is 13.2. The van der Waals surface area contributed by atoms with E-state index in [1.165, 1.54) is 0 Å². The molecule has 0 bridgehead atoms. The van der Waals surface area contributed by atoms with Gasteiger partial charge in [0, 0.05) is 61.6 Å². The second kappa shape index (κ2) is 11.4. The number of rotatable bonds is 9. The Bertz CT molecular complexity index is 1330. The number of carbonyl (C=O) groups excluding carboxylic acids is 1. The first kappa shape index (κ1) is 24.7. The third-order valence-electron chi connectivity index (χ3n) is 7.09. The number of anilines is 2. The standard InChI is InChI=1S/C30H35N5O2/c1-3-31-27-11-8-16-32-29(27)35(4-2)23-14-17-34(18-15-23)30(36)26-20-33-28-19-24(12-13-25(26)28)37-21-22-9-6-5-7-10-22/h5-13,16,19-20,23,31,33H,3-4,14-15,17-18,21H2,1-2H3. The summed E-state index contributed by atoms with van der Waals surface area (Å²) in [7, 11) is 0. The largest absolute Gasteiger partial charge is 0.489 e. The number of piperidine rings is 1. The van der Waals surface area contributed by atoms with Gasteiger partial charge in [0.25, 0.3) is 5.91 Å². The highest BCUT2D eigenvalue weighted by Crippen LogP contribution is 2.30. The van der Waals surface area contributed by atoms with Gasteiger partial charge in [0.1, 0.15) is 12.4 Å². The van der Waals surface area contributed by atoms with Crippen LogP contribution in [0.3, 0.4) is 0 Å². The fourth-order valence-corrected chi connectivity index (χ4v) is 5.20. The van der Waals surface area contributed by atoms with Gasteiger partial charge < -0.3 is 24.8 Å². The molecule has 0 unspecified atom stereocenters. The van der Waals surface area contributed by atoms with E-state index >= 15 is 0 Å². The molecular formula is C30H35N5O2. The number of ether oxygens (including phenoxy) is 1. The highest BCUT2D eigenvalue weighted by atomic mass is 16.5. The van der Waals surface area contributed by atoms with Crippen LogP contribution < -0.4 is 15.0 Å². The highest BCUT2D eigenvalue weighted by molar-refractivity contribution is 6.07. The lowest BCUT2D eigenvalue weighted by atomic mass is 10.0. The van der Waals surface area contributed by atoms with Crippen LogP contribution in [0.5, 0.6) is 5.75 Å². The second-order valence-corrected chi connectivity index (χ2v) is 9.40. The van der Waals surface area contributed by atoms with Crippen molar-refractivity contribution < 1.29 is 9.53 Å². The second-order valence-electron chi connectivity index (χ2n) is 9.40. The van der Waals surface area contributed by atoms with Crippen molar-refractivity contribution >= 4 is 28.3 Å². The van der Waals surface area contributed by atoms with Gasteiger partial charge in [-0.3, -0.25) is 4.79 Å². The van der Waals surface area contributed by atoms with Gasteiger partial charge in [0.2, 0.25) is 0 Å². The van der Waals surface area contributed by atoms with Gasteiger partial charge >= 0.3 is 0 Å². The number of H-pyrrole nitrogens is 1. The lowest BCUT2D eigenvalue weighted by Crippen LogP contribution is -2.47. The Hall–Kier alpha value is -4.00. The molecule has 0 aliphatic carbocycles. The molecule has 2 aromatic heterocycles. The van der Waals surface area contributed by atoms with Crippen molar-refractivity contribution in [1.29, 1.82) is 0 Å². The Kier molecular flexibility index (Phi) is 7.59. The van der Waals surface area contributed by atoms with Gasteiger partial charge in [-0.05, 0) is 56.5 Å². The number of hydrogen-bond acceptors (Lipinski definition) is 5. The number of benzene rings is 2. The van der Waals surface area contributed by atoms with Crippen LogP contribution in [0.1, 0.15) is 42.6 Å². The fraction of sp³-hybridized carbons (Fsp3) is 0.333. The van der Waals surface area contributed by atoms with Gasteiger partial charge in [0.15, 0.2) is 5.82 Å². The van der Waals surface area contributed by atoms with Crippen molar-refractivity contribution in [2.45, 2.75) is 39.3 Å². The van der Waals surface area contributed by atoms with E-state index in [0.29, 0.717) is 12.6 Å². The molecule has 37 heavy (non-hydrogen) atoms. The van der Waals surface area contributed by atoms with Crippen LogP contribution in [0.4, 0.5) is 11.5 Å². The van der Waals surface area contributed by atoms with Crippen molar-refractivity contribution in [2.75, 3.05) is 36.4 Å². The van der Waals surface area contributed by atoms with Crippen molar-refractivity contribution in [2.24, 2.45) is 0 Å². The van der Waals surface area contributed by atoms with Crippen LogP contribution in [-0.2, 0) is 6.61 Å². The number of nitrogens with zero attached hydrogens (tertiary/aromatic N) is 3. The topological polar surface area (TPSA) is 73.5 Å². The summed E-state index contributed by atoms with van der Waals surface area (Å²) in [4.78, 5) is 25.8. The van der Waals surface area contributed by atoms with Crippen molar-refractivity contribution in [1.82, 2.24) is 14.9 Å². The summed E-state index contributed by atoms with van der Waals surface area (Å²) in [6.45, 7) is 7.98. The Morgan fingerprint density at radius 1 is 1.11 bits per heavy atom. The average Bonchev–Trinajstić information content (AvgIpc) is 3.37. The maximum absolute atomic E-state index is 13.5. The van der Waals surface area contributed by atoms with E-state index in [0.717, 1.165) is 78.3 Å². The van der Waals surface area contributed by atoms with Gasteiger partial charge in [0.05, 0.1) is 11.3 Å². The van der Waals surface area contributed by atoms with Gasteiger partial charge in [-0.15, -0.1) is 0 Å². The third-order valence-corrected chi connectivity index (χ3v) is 7.09. The number of pyridine rings is 1. The molecule has 5 rings (SSSR count). The zero-order valence-corrected chi connectivity index (χ0v) is 21.6. The van der Waals surface area contributed by atoms with Gasteiger partial charge in [-0.25, -0.2) is 4.98 Å². The Balaban J connectivity index is 1.23. The molecule has 1 fully saturated rings. The van der Waals surface area contributed by atoms with E-state index in [4.69, 9.17) is 4.74 Å². The minimum absolute atomic E-state index is 0.0804. The molecule has 7 nitrogen and oxygen atoms in total. The maximum Gasteiger partial charge on any atom is 0.256 e. The molecule has 3 heterocycles. The molecule has 0 saturated carbocycles. The van der Waals surface area contributed by atoms with E-state index < -0.39 is 0 Å². The summed E-state index contributed by atoms with van der Waals surface area (Å²) in [5.41, 5.74) is 3.81. The van der Waals surface area contributed by atoms with Crippen LogP contribution in [0.2, 0.25) is 0 Å². The number of aromatic nitrogens is 2. The molecule has 192 valence electrons. The molecule has 1 saturated heterocycles. The predicted octanol–water partition coefficient (Wildman–Crippen LogP) is 5.70. The first-order valence-electron chi connectivity index (χ1n) is 13.2. The van der Waals surface area contributed by atoms with E-state index in [-0.39, 0.29) is 5.91 Å². The smallest absolute Gasteiger partial charge is 0.256 e. The van der Waals surface area contributed by atoms with E-state index in [2.05, 4.69) is 40.1 Å². The molecule has 0 spiro atoms. The molecule has 2 aromatic carbocycles. The highest BCUT2D eigenvalue weighted by Gasteiger charge is 2.29. The zero-order valence-electron chi connectivity index (χ0n) is 21.6. The molecule has 0 atom stereocenters. The molecule has 1 aliphatic heterocycles. The molecule has 2 N–H and O–H groups in total. The summed E-state index contributed by atoms with van der Waals surface area (Å²) in [6, 6.07) is 20.4. The number of amides is 1. The lowest BCUT2D eigenvalue weighted by Gasteiger charge is -2.39. The van der Waals surface area contributed by atoms with Gasteiger partial charge in [-0.2, -0.15) is 0 Å². The normalized spacial score (nSPS) is 14.1. The van der Waals surface area contributed by atoms with Crippen LogP contribution >= 0.6 is 0 Å². The van der Waals surface area contributed by atoms with Crippen molar-refractivity contribution in [3.8, 4) is 5.75 Å². The summed E-state index contributed by atoms with van der Waals surface area (Å²) < 4.78 is 5.96. The summed E-state index contributed by atoms with van der Waals surface area (Å²) >= 11 is 0. The number of carbonyl (C=O) groups is 1. The summed E-state index contributed by atoms with van der Waals surface area (Å²) in [5, 5.41) is 4.36. The van der Waals surface area contributed by atoms with Crippen LogP contribution in [0.25, 0.3) is 10.9 Å². The Labute approximate surface area is 218 Å². The number of aromatic amines is 1. The zero-order chi connectivity index (χ0) is 25.6. The molecular weight excluding hydrogens is 462 g/mol. The van der Waals surface area contributed by atoms with E-state index in [1.54, 1.807) is 0 Å². The van der Waals surface area contributed by atoms with Gasteiger partial charge in [-0.1, -0.05) is 30.3 Å². The average molecular weight is 498 g/mol. The van der Waals surface area contributed by atoms with Crippen LogP contribution in [-0.4, -0.2) is 53.0 Å². The van der Waals surface area contributed by atoms with E-state index in [1.807, 2.05) is 71.9 Å². The fourth-order valence-electron chi connectivity index (χ4n) is 5.20. The minimum atomic E-state index is 0.0804. The van der Waals surface area contributed by atoms with Crippen molar-refractivity contribution in [3.63, 3.8) is 0 Å². The maximum atomic E-state index is 13.5. The Morgan fingerprint density at radius 2 is 1.92 bits per heavy atom. The molecule has 7 heteroatoms. The Morgan fingerprint density at radius 3 is 2.68 bits per heavy atom. The van der Waals surface area contributed by atoms with Crippen molar-refractivity contribution in [3.05, 3.63) is 84.2 Å². The van der Waals surface area contributed by atoms with Crippen LogP contribution in [0, 0.1) is 0 Å². The molecule has 1 aliphatic rings. The monoisotopic (exact) mass is 497 g/mol. The summed E-state index contributed by atoms with van der Waals surface area (Å²) in [5.74, 6) is 1.86. The molecule has 4 aromatic rings. The van der Waals surface area contributed by atoms with Crippen LogP contribution in [0.15, 0.2) is 73.1 Å². The summed E-state index contributed by atoms with van der Waals surface area (Å²) in [6.07, 6.45) is 5.52. The van der Waals surface area contributed by atoms with E-state index in [9.17, 15) is 4.79 Å². The lowest BCUT2D eigenvalue weighted by molar-refractivity contribution is 0.0714. The number of hydrogen-bond donors (Lipinski definition) is 2. The quantitative estimate of drug-likeness (QED) is 0.310. The molecule has 1 amide bonds. The number of likely N-dealkylation sites (tertiary alicyclic amines) is 1. The number of nitrogens with one attached hydrogen (secondary N) is 2. The SMILES string of the molecule is CCNc1cccnc1N(CC)C1CCN(C(=O)c2c[nH]c3cc(OCc4ccccc4)ccc23)CC1.